The van der Waals surface area contributed by atoms with Gasteiger partial charge >= 0.3 is 13.1 Å². The molecular formula is C18H29BN2O4. The van der Waals surface area contributed by atoms with E-state index in [1.807, 2.05) is 0 Å². The first-order chi connectivity index (χ1) is 11.9. The van der Waals surface area contributed by atoms with Gasteiger partial charge in [-0.2, -0.15) is 0 Å². The molecule has 0 amide bonds. The van der Waals surface area contributed by atoms with Gasteiger partial charge in [-0.15, -0.1) is 0 Å². The summed E-state index contributed by atoms with van der Waals surface area (Å²) in [5.41, 5.74) is 7.64. The maximum Gasteiger partial charge on any atom is 0.451 e. The van der Waals surface area contributed by atoms with Crippen molar-refractivity contribution in [2.45, 2.75) is 56.9 Å². The first kappa shape index (κ1) is 19.9. The van der Waals surface area contributed by atoms with Crippen LogP contribution >= 0.6 is 0 Å². The summed E-state index contributed by atoms with van der Waals surface area (Å²) < 4.78 is 0. The van der Waals surface area contributed by atoms with E-state index in [0.29, 0.717) is 25.7 Å². The topological polar surface area (TPSA) is 107 Å². The third-order valence-electron chi connectivity index (χ3n) is 5.07. The van der Waals surface area contributed by atoms with Gasteiger partial charge in [0.05, 0.1) is 0 Å². The van der Waals surface area contributed by atoms with Crippen molar-refractivity contribution in [1.29, 1.82) is 0 Å². The number of carboxylic acids is 1. The smallest absolute Gasteiger partial charge is 0.451 e. The van der Waals surface area contributed by atoms with Crippen molar-refractivity contribution in [3.8, 4) is 0 Å². The molecule has 1 atom stereocenters. The molecule has 1 aliphatic rings. The minimum Gasteiger partial charge on any atom is -0.480 e. The Labute approximate surface area is 149 Å². The van der Waals surface area contributed by atoms with Gasteiger partial charge in [0.1, 0.15) is 5.54 Å². The van der Waals surface area contributed by atoms with Gasteiger partial charge < -0.3 is 20.9 Å². The molecule has 138 valence electrons. The summed E-state index contributed by atoms with van der Waals surface area (Å²) in [7, 11) is -1.33. The van der Waals surface area contributed by atoms with Crippen molar-refractivity contribution in [2.24, 2.45) is 5.73 Å². The van der Waals surface area contributed by atoms with E-state index in [1.165, 1.54) is 11.1 Å². The van der Waals surface area contributed by atoms with Gasteiger partial charge in [-0.25, -0.2) is 0 Å². The Kier molecular flexibility index (Phi) is 7.44. The Balaban J connectivity index is 1.76. The molecule has 0 bridgehead atoms. The minimum atomic E-state index is -1.33. The van der Waals surface area contributed by atoms with Crippen LogP contribution in [-0.2, 0) is 17.8 Å². The standard InChI is InChI=1S/C18H29BN2O4/c20-18(17(22)23,9-3-4-11-19(24)25)10-5-12-21-13-8-15-6-1-2-7-16(15)14-21/h1-2,6-7,24-25H,3-5,8-14,20H2,(H,22,23). The van der Waals surface area contributed by atoms with Crippen LogP contribution in [0.1, 0.15) is 43.2 Å². The first-order valence-corrected chi connectivity index (χ1v) is 9.08. The molecule has 0 saturated carbocycles. The number of hydrogen-bond acceptors (Lipinski definition) is 5. The number of carbonyl (C=O) groups is 1. The summed E-state index contributed by atoms with van der Waals surface area (Å²) in [6, 6.07) is 8.45. The summed E-state index contributed by atoms with van der Waals surface area (Å²) in [6.07, 6.45) is 3.97. The molecule has 1 aromatic rings. The van der Waals surface area contributed by atoms with Crippen LogP contribution in [0.3, 0.4) is 0 Å². The summed E-state index contributed by atoms with van der Waals surface area (Å²) in [5.74, 6) is -0.971. The highest BCUT2D eigenvalue weighted by atomic mass is 16.4. The van der Waals surface area contributed by atoms with Crippen molar-refractivity contribution >= 4 is 13.1 Å². The molecule has 1 aromatic carbocycles. The zero-order valence-corrected chi connectivity index (χ0v) is 14.7. The maximum absolute atomic E-state index is 11.6. The molecule has 0 saturated heterocycles. The highest BCUT2D eigenvalue weighted by Gasteiger charge is 2.33. The Morgan fingerprint density at radius 1 is 1.16 bits per heavy atom. The van der Waals surface area contributed by atoms with Crippen LogP contribution in [0.25, 0.3) is 0 Å². The minimum absolute atomic E-state index is 0.253. The fourth-order valence-electron chi connectivity index (χ4n) is 3.47. The van der Waals surface area contributed by atoms with Crippen LogP contribution in [0, 0.1) is 0 Å². The number of unbranched alkanes of at least 4 members (excludes halogenated alkanes) is 1. The second-order valence-electron chi connectivity index (χ2n) is 7.09. The Bertz CT molecular complexity index is 570. The molecule has 0 fully saturated rings. The number of aliphatic carboxylic acids is 1. The third kappa shape index (κ3) is 6.11. The summed E-state index contributed by atoms with van der Waals surface area (Å²) in [4.78, 5) is 13.9. The highest BCUT2D eigenvalue weighted by Crippen LogP contribution is 2.22. The molecule has 1 unspecified atom stereocenters. The number of nitrogens with zero attached hydrogens (tertiary/aromatic N) is 1. The zero-order valence-electron chi connectivity index (χ0n) is 14.7. The SMILES string of the molecule is NC(CCCCB(O)O)(CCCN1CCc2ccccc2C1)C(=O)O. The largest absolute Gasteiger partial charge is 0.480 e. The molecule has 0 spiro atoms. The number of benzene rings is 1. The van der Waals surface area contributed by atoms with Gasteiger partial charge in [0, 0.05) is 13.1 Å². The maximum atomic E-state index is 11.6. The fourth-order valence-corrected chi connectivity index (χ4v) is 3.47. The number of fused-ring (bicyclic) bond motifs is 1. The molecule has 25 heavy (non-hydrogen) atoms. The van der Waals surface area contributed by atoms with Gasteiger partial charge in [0.25, 0.3) is 0 Å². The van der Waals surface area contributed by atoms with Crippen LogP contribution in [0.4, 0.5) is 0 Å². The lowest BCUT2D eigenvalue weighted by molar-refractivity contribution is -0.144. The fraction of sp³-hybridized carbons (Fsp3) is 0.611. The van der Waals surface area contributed by atoms with Crippen molar-refractivity contribution in [1.82, 2.24) is 4.90 Å². The van der Waals surface area contributed by atoms with Gasteiger partial charge in [0.15, 0.2) is 0 Å². The molecule has 1 aliphatic heterocycles. The lowest BCUT2D eigenvalue weighted by Crippen LogP contribution is -2.48. The van der Waals surface area contributed by atoms with Crippen molar-refractivity contribution < 1.29 is 19.9 Å². The lowest BCUT2D eigenvalue weighted by atomic mass is 9.81. The molecule has 5 N–H and O–H groups in total. The lowest BCUT2D eigenvalue weighted by Gasteiger charge is -2.30. The van der Waals surface area contributed by atoms with Crippen molar-refractivity contribution in [2.75, 3.05) is 13.1 Å². The van der Waals surface area contributed by atoms with E-state index < -0.39 is 18.6 Å². The van der Waals surface area contributed by atoms with Gasteiger partial charge in [-0.3, -0.25) is 9.69 Å². The van der Waals surface area contributed by atoms with Crippen molar-refractivity contribution in [3.05, 3.63) is 35.4 Å². The van der Waals surface area contributed by atoms with E-state index in [2.05, 4.69) is 29.2 Å². The molecule has 1 heterocycles. The Morgan fingerprint density at radius 3 is 2.52 bits per heavy atom. The quantitative estimate of drug-likeness (QED) is 0.375. The summed E-state index contributed by atoms with van der Waals surface area (Å²) in [6.45, 7) is 2.75. The average Bonchev–Trinajstić information content (AvgIpc) is 2.58. The van der Waals surface area contributed by atoms with Crippen LogP contribution in [0.5, 0.6) is 0 Å². The second-order valence-corrected chi connectivity index (χ2v) is 7.09. The Hall–Kier alpha value is -1.41. The summed E-state index contributed by atoms with van der Waals surface area (Å²) >= 11 is 0. The van der Waals surface area contributed by atoms with Gasteiger partial charge in [-0.1, -0.05) is 37.1 Å². The molecule has 7 heteroatoms. The normalized spacial score (nSPS) is 16.9. The van der Waals surface area contributed by atoms with E-state index >= 15 is 0 Å². The van der Waals surface area contributed by atoms with Crippen LogP contribution in [-0.4, -0.2) is 51.8 Å². The zero-order chi connectivity index (χ0) is 18.3. The van der Waals surface area contributed by atoms with E-state index in [1.54, 1.807) is 0 Å². The van der Waals surface area contributed by atoms with E-state index in [9.17, 15) is 9.90 Å². The first-order valence-electron chi connectivity index (χ1n) is 9.08. The van der Waals surface area contributed by atoms with E-state index in [-0.39, 0.29) is 6.32 Å². The predicted octanol–water partition coefficient (Wildman–Crippen LogP) is 1.25. The second kappa shape index (κ2) is 9.34. The van der Waals surface area contributed by atoms with Gasteiger partial charge in [0.2, 0.25) is 0 Å². The summed E-state index contributed by atoms with van der Waals surface area (Å²) in [5, 5.41) is 27.2. The molecule has 0 aliphatic carbocycles. The molecular weight excluding hydrogens is 319 g/mol. The van der Waals surface area contributed by atoms with E-state index in [4.69, 9.17) is 15.8 Å². The average molecular weight is 348 g/mol. The molecule has 6 nitrogen and oxygen atoms in total. The number of hydrogen-bond donors (Lipinski definition) is 4. The van der Waals surface area contributed by atoms with Gasteiger partial charge in [-0.05, 0) is 49.7 Å². The monoisotopic (exact) mass is 348 g/mol. The van der Waals surface area contributed by atoms with Crippen LogP contribution in [0.15, 0.2) is 24.3 Å². The predicted molar refractivity (Wildman–Crippen MR) is 98.1 cm³/mol. The van der Waals surface area contributed by atoms with Crippen LogP contribution < -0.4 is 5.73 Å². The molecule has 0 radical (unpaired) electrons. The number of carboxylic acid groups (broad SMARTS) is 1. The molecule has 0 aromatic heterocycles. The number of nitrogens with two attached hydrogens (primary N) is 1. The Morgan fingerprint density at radius 2 is 1.84 bits per heavy atom. The highest BCUT2D eigenvalue weighted by molar-refractivity contribution is 6.40. The van der Waals surface area contributed by atoms with E-state index in [0.717, 1.165) is 32.5 Å². The van der Waals surface area contributed by atoms with Crippen LogP contribution in [0.2, 0.25) is 6.32 Å². The van der Waals surface area contributed by atoms with Crippen molar-refractivity contribution in [3.63, 3.8) is 0 Å². The third-order valence-corrected chi connectivity index (χ3v) is 5.07. The molecule has 2 rings (SSSR count). The number of rotatable bonds is 10.